The van der Waals surface area contributed by atoms with Crippen LogP contribution in [0.1, 0.15) is 28.5 Å². The molecule has 0 bridgehead atoms. The Balaban J connectivity index is 1.67. The minimum Gasteiger partial charge on any atom is -0.545 e. The molecule has 2 aliphatic rings. The normalized spacial score (nSPS) is 21.2. The number of aromatic nitrogens is 1. The number of nitrogens with one attached hydrogen (secondary N) is 1. The summed E-state index contributed by atoms with van der Waals surface area (Å²) in [5, 5.41) is 12.2. The number of benzene rings is 2. The topological polar surface area (TPSA) is 96.5 Å². The van der Waals surface area contributed by atoms with Crippen LogP contribution in [0.25, 0.3) is 10.9 Å². The van der Waals surface area contributed by atoms with Gasteiger partial charge >= 0.3 is 6.03 Å². The average Bonchev–Trinajstić information content (AvgIpc) is 3.16. The molecule has 1 aromatic heterocycles. The van der Waals surface area contributed by atoms with Gasteiger partial charge in [-0.15, -0.1) is 0 Å². The number of urea groups is 1. The number of hydrogen-bond donors (Lipinski definition) is 1. The third-order valence-corrected chi connectivity index (χ3v) is 5.81. The van der Waals surface area contributed by atoms with Gasteiger partial charge in [-0.2, -0.15) is 0 Å². The first-order valence-corrected chi connectivity index (χ1v) is 9.00. The molecule has 28 heavy (non-hydrogen) atoms. The number of nitrogens with zero attached hydrogens (tertiary/aromatic N) is 2. The molecule has 1 saturated heterocycles. The summed E-state index contributed by atoms with van der Waals surface area (Å²) >= 11 is 0. The summed E-state index contributed by atoms with van der Waals surface area (Å²) in [6, 6.07) is 13.1. The lowest BCUT2D eigenvalue weighted by Crippen LogP contribution is -2.49. The van der Waals surface area contributed by atoms with E-state index < -0.39 is 23.4 Å². The second kappa shape index (κ2) is 5.45. The number of aromatic amines is 1. The molecule has 2 aromatic carbocycles. The molecule has 3 heterocycles. The van der Waals surface area contributed by atoms with Crippen molar-refractivity contribution in [2.45, 2.75) is 18.9 Å². The largest absolute Gasteiger partial charge is 0.545 e. The number of H-pyrrole nitrogens is 1. The molecule has 3 amide bonds. The van der Waals surface area contributed by atoms with Crippen LogP contribution in [-0.4, -0.2) is 34.3 Å². The van der Waals surface area contributed by atoms with Crippen LogP contribution in [0.5, 0.6) is 0 Å². The summed E-state index contributed by atoms with van der Waals surface area (Å²) in [7, 11) is 0. The number of para-hydroxylation sites is 1. The zero-order valence-corrected chi connectivity index (χ0v) is 15.1. The number of amides is 3. The van der Waals surface area contributed by atoms with Crippen LogP contribution in [0, 0.1) is 0 Å². The van der Waals surface area contributed by atoms with Gasteiger partial charge in [0.1, 0.15) is 0 Å². The fourth-order valence-corrected chi connectivity index (χ4v) is 4.39. The van der Waals surface area contributed by atoms with Crippen molar-refractivity contribution in [3.63, 3.8) is 0 Å². The van der Waals surface area contributed by atoms with Gasteiger partial charge in [0.2, 0.25) is 0 Å². The van der Waals surface area contributed by atoms with Gasteiger partial charge in [-0.25, -0.2) is 9.69 Å². The Morgan fingerprint density at radius 2 is 1.93 bits per heavy atom. The van der Waals surface area contributed by atoms with Gasteiger partial charge in [0.25, 0.3) is 5.91 Å². The number of aromatic carboxylic acids is 1. The van der Waals surface area contributed by atoms with Gasteiger partial charge in [-0.05, 0) is 42.7 Å². The molecular weight excluding hydrogens is 358 g/mol. The average molecular weight is 374 g/mol. The molecule has 0 aliphatic carbocycles. The van der Waals surface area contributed by atoms with Crippen LogP contribution in [0.15, 0.2) is 48.5 Å². The Morgan fingerprint density at radius 1 is 1.14 bits per heavy atom. The maximum Gasteiger partial charge on any atom is 0.332 e. The molecule has 140 valence electrons. The molecule has 0 radical (unpaired) electrons. The van der Waals surface area contributed by atoms with E-state index in [1.165, 1.54) is 18.2 Å². The standard InChI is InChI=1S/C21H17N3O4/c1-21-17-15(14-7-2-3-8-16(14)22-17)9-10-23(21)20(28)24(19(21)27)13-6-4-5-12(11-13)18(25)26/h2-8,11,22H,9-10H2,1H3,(H,25,26)/p-1/t21-/m0/s1. The van der Waals surface area contributed by atoms with Crippen molar-refractivity contribution >= 4 is 34.5 Å². The number of hydrogen-bond acceptors (Lipinski definition) is 4. The van der Waals surface area contributed by atoms with E-state index in [9.17, 15) is 19.5 Å². The zero-order valence-electron chi connectivity index (χ0n) is 15.1. The van der Waals surface area contributed by atoms with Gasteiger partial charge in [-0.1, -0.05) is 30.3 Å². The third-order valence-electron chi connectivity index (χ3n) is 5.81. The number of rotatable bonds is 2. The number of carboxylic acids is 1. The molecule has 3 aromatic rings. The highest BCUT2D eigenvalue weighted by molar-refractivity contribution is 6.23. The Bertz CT molecular complexity index is 1180. The lowest BCUT2D eigenvalue weighted by molar-refractivity contribution is -0.255. The summed E-state index contributed by atoms with van der Waals surface area (Å²) < 4.78 is 0. The fourth-order valence-electron chi connectivity index (χ4n) is 4.39. The summed E-state index contributed by atoms with van der Waals surface area (Å²) in [4.78, 5) is 43.7. The van der Waals surface area contributed by atoms with Crippen LogP contribution in [0.3, 0.4) is 0 Å². The van der Waals surface area contributed by atoms with E-state index in [0.29, 0.717) is 13.0 Å². The molecule has 0 unspecified atom stereocenters. The molecule has 7 heteroatoms. The van der Waals surface area contributed by atoms with Gasteiger partial charge in [0.05, 0.1) is 17.4 Å². The smallest absolute Gasteiger partial charge is 0.332 e. The van der Waals surface area contributed by atoms with Crippen molar-refractivity contribution in [3.05, 3.63) is 65.4 Å². The van der Waals surface area contributed by atoms with E-state index in [2.05, 4.69) is 4.98 Å². The van der Waals surface area contributed by atoms with E-state index in [0.717, 1.165) is 27.1 Å². The second-order valence-electron chi connectivity index (χ2n) is 7.26. The van der Waals surface area contributed by atoms with Crippen molar-refractivity contribution in [3.8, 4) is 0 Å². The number of fused-ring (bicyclic) bond motifs is 5. The van der Waals surface area contributed by atoms with Crippen molar-refractivity contribution in [1.29, 1.82) is 0 Å². The minimum absolute atomic E-state index is 0.0839. The molecule has 5 rings (SSSR count). The number of imide groups is 1. The number of carboxylic acid groups (broad SMARTS) is 1. The summed E-state index contributed by atoms with van der Waals surface area (Å²) in [5.74, 6) is -1.76. The van der Waals surface area contributed by atoms with Crippen molar-refractivity contribution in [2.24, 2.45) is 0 Å². The predicted octanol–water partition coefficient (Wildman–Crippen LogP) is 1.77. The molecular formula is C21H16N3O4-. The Kier molecular flexibility index (Phi) is 3.22. The van der Waals surface area contributed by atoms with Gasteiger partial charge in [0.15, 0.2) is 5.54 Å². The summed E-state index contributed by atoms with van der Waals surface area (Å²) in [5.41, 5.74) is 1.66. The van der Waals surface area contributed by atoms with E-state index >= 15 is 0 Å². The number of carbonyl (C=O) groups is 3. The first-order chi connectivity index (χ1) is 13.4. The lowest BCUT2D eigenvalue weighted by Gasteiger charge is -2.35. The summed E-state index contributed by atoms with van der Waals surface area (Å²) in [6.07, 6.45) is 0.640. The molecule has 2 aliphatic heterocycles. The molecule has 1 fully saturated rings. The molecule has 1 atom stereocenters. The maximum absolute atomic E-state index is 13.5. The number of carbonyl (C=O) groups excluding carboxylic acids is 3. The van der Waals surface area contributed by atoms with Crippen LogP contribution in [-0.2, 0) is 16.8 Å². The first kappa shape index (κ1) is 16.6. The fraction of sp³-hybridized carbons (Fsp3) is 0.190. The highest BCUT2D eigenvalue weighted by Crippen LogP contribution is 2.45. The van der Waals surface area contributed by atoms with Gasteiger partial charge < -0.3 is 19.8 Å². The Hall–Kier alpha value is -3.61. The lowest BCUT2D eigenvalue weighted by atomic mass is 9.87. The van der Waals surface area contributed by atoms with Gasteiger partial charge in [0, 0.05) is 17.4 Å². The van der Waals surface area contributed by atoms with E-state index in [1.54, 1.807) is 17.9 Å². The molecule has 1 N–H and O–H groups in total. The van der Waals surface area contributed by atoms with E-state index in [-0.39, 0.29) is 11.3 Å². The van der Waals surface area contributed by atoms with Crippen LogP contribution < -0.4 is 10.0 Å². The van der Waals surface area contributed by atoms with E-state index in [1.807, 2.05) is 24.3 Å². The van der Waals surface area contributed by atoms with Gasteiger partial charge in [-0.3, -0.25) is 4.79 Å². The molecule has 7 nitrogen and oxygen atoms in total. The predicted molar refractivity (Wildman–Crippen MR) is 99.7 cm³/mol. The van der Waals surface area contributed by atoms with E-state index in [4.69, 9.17) is 0 Å². The minimum atomic E-state index is -1.36. The second-order valence-corrected chi connectivity index (χ2v) is 7.26. The highest BCUT2D eigenvalue weighted by atomic mass is 16.4. The van der Waals surface area contributed by atoms with Crippen LogP contribution >= 0.6 is 0 Å². The monoisotopic (exact) mass is 374 g/mol. The molecule has 0 spiro atoms. The third kappa shape index (κ3) is 1.95. The summed E-state index contributed by atoms with van der Waals surface area (Å²) in [6.45, 7) is 2.15. The highest BCUT2D eigenvalue weighted by Gasteiger charge is 2.58. The SMILES string of the molecule is C[C@]12C(=O)N(c3cccc(C(=O)[O-])c3)C(=O)N1CCc1c2[nH]c2ccccc12. The van der Waals surface area contributed by atoms with Crippen LogP contribution in [0.4, 0.5) is 10.5 Å². The molecule has 0 saturated carbocycles. The number of anilines is 1. The van der Waals surface area contributed by atoms with Crippen molar-refractivity contribution < 1.29 is 19.5 Å². The zero-order chi connectivity index (χ0) is 19.6. The maximum atomic E-state index is 13.5. The Morgan fingerprint density at radius 3 is 2.71 bits per heavy atom. The van der Waals surface area contributed by atoms with Crippen molar-refractivity contribution in [2.75, 3.05) is 11.4 Å². The quantitative estimate of drug-likeness (QED) is 0.692. The first-order valence-electron chi connectivity index (χ1n) is 9.00. The van der Waals surface area contributed by atoms with Crippen LogP contribution in [0.2, 0.25) is 0 Å². The van der Waals surface area contributed by atoms with Crippen molar-refractivity contribution in [1.82, 2.24) is 9.88 Å². The Labute approximate surface area is 160 Å².